The minimum Gasteiger partial charge on any atom is -0.497 e. The van der Waals surface area contributed by atoms with Gasteiger partial charge in [0.05, 0.1) is 23.9 Å². The molecule has 32 heavy (non-hydrogen) atoms. The van der Waals surface area contributed by atoms with Crippen molar-refractivity contribution in [3.05, 3.63) is 80.4 Å². The van der Waals surface area contributed by atoms with Gasteiger partial charge in [0.25, 0.3) is 5.91 Å². The first-order chi connectivity index (χ1) is 15.1. The van der Waals surface area contributed by atoms with Crippen molar-refractivity contribution >= 4 is 51.5 Å². The maximum absolute atomic E-state index is 15.0. The monoisotopic (exact) mass is 552 g/mol. The van der Waals surface area contributed by atoms with Crippen LogP contribution in [0.1, 0.15) is 26.3 Å². The number of nitrogens with zero attached hydrogens (tertiary/aromatic N) is 1. The summed E-state index contributed by atoms with van der Waals surface area (Å²) < 4.78 is 35.5. The van der Waals surface area contributed by atoms with E-state index >= 15 is 4.39 Å². The molecule has 9 heteroatoms. The van der Waals surface area contributed by atoms with E-state index in [1.165, 1.54) is 19.1 Å². The van der Waals surface area contributed by atoms with Crippen LogP contribution in [0.15, 0.2) is 48.5 Å². The highest BCUT2D eigenvalue weighted by molar-refractivity contribution is 14.1. The molecular formula is C23H19F2IN2O4. The van der Waals surface area contributed by atoms with Gasteiger partial charge in [-0.05, 0) is 83.6 Å². The van der Waals surface area contributed by atoms with Crippen molar-refractivity contribution < 1.29 is 28.2 Å². The highest BCUT2D eigenvalue weighted by Gasteiger charge is 2.28. The molecule has 0 aliphatic heterocycles. The van der Waals surface area contributed by atoms with E-state index in [0.29, 0.717) is 17.1 Å². The molecule has 0 radical (unpaired) electrons. The Balaban J connectivity index is 2.12. The minimum atomic E-state index is -1.68. The molecule has 0 spiro atoms. The number of benzene rings is 3. The molecule has 1 amide bonds. The number of halogens is 3. The Morgan fingerprint density at radius 2 is 1.69 bits per heavy atom. The summed E-state index contributed by atoms with van der Waals surface area (Å²) in [7, 11) is 2.95. The number of amides is 1. The lowest BCUT2D eigenvalue weighted by Gasteiger charge is -2.21. The van der Waals surface area contributed by atoms with Gasteiger partial charge < -0.3 is 20.1 Å². The van der Waals surface area contributed by atoms with Gasteiger partial charge in [-0.25, -0.2) is 13.6 Å². The van der Waals surface area contributed by atoms with Gasteiger partial charge in [0.15, 0.2) is 11.6 Å². The number of carbonyl (C=O) groups excluding carboxylic acids is 1. The van der Waals surface area contributed by atoms with Crippen molar-refractivity contribution in [3.8, 4) is 5.75 Å². The number of hydrogen-bond acceptors (Lipinski definition) is 4. The normalized spacial score (nSPS) is 10.6. The van der Waals surface area contributed by atoms with Gasteiger partial charge in [0.1, 0.15) is 5.75 Å². The first-order valence-corrected chi connectivity index (χ1v) is 10.4. The zero-order valence-electron chi connectivity index (χ0n) is 17.4. The van der Waals surface area contributed by atoms with Crippen LogP contribution in [0.4, 0.5) is 25.8 Å². The molecule has 0 heterocycles. The Morgan fingerprint density at radius 1 is 1.03 bits per heavy atom. The van der Waals surface area contributed by atoms with Gasteiger partial charge in [-0.1, -0.05) is 0 Å². The van der Waals surface area contributed by atoms with Crippen LogP contribution in [-0.2, 0) is 0 Å². The average molecular weight is 552 g/mol. The quantitative estimate of drug-likeness (QED) is 0.389. The van der Waals surface area contributed by atoms with E-state index in [-0.39, 0.29) is 5.56 Å². The molecule has 3 aromatic carbocycles. The van der Waals surface area contributed by atoms with Crippen molar-refractivity contribution in [2.75, 3.05) is 24.4 Å². The molecule has 0 saturated carbocycles. The number of hydrogen-bond donors (Lipinski definition) is 2. The van der Waals surface area contributed by atoms with Crippen LogP contribution in [0.3, 0.4) is 0 Å². The Kier molecular flexibility index (Phi) is 6.97. The van der Waals surface area contributed by atoms with Crippen LogP contribution < -0.4 is 15.0 Å². The summed E-state index contributed by atoms with van der Waals surface area (Å²) in [6.07, 6.45) is 0. The topological polar surface area (TPSA) is 78.9 Å². The zero-order valence-corrected chi connectivity index (χ0v) is 19.5. The van der Waals surface area contributed by atoms with Gasteiger partial charge in [-0.3, -0.25) is 4.79 Å². The first-order valence-electron chi connectivity index (χ1n) is 9.34. The number of carboxylic acid groups (broad SMARTS) is 1. The van der Waals surface area contributed by atoms with Crippen LogP contribution in [0.5, 0.6) is 5.75 Å². The number of ether oxygens (including phenoxy) is 1. The molecule has 6 nitrogen and oxygen atoms in total. The molecule has 0 aromatic heterocycles. The molecular weight excluding hydrogens is 533 g/mol. The molecule has 166 valence electrons. The van der Waals surface area contributed by atoms with E-state index in [9.17, 15) is 19.1 Å². The van der Waals surface area contributed by atoms with Gasteiger partial charge in [-0.15, -0.1) is 0 Å². The van der Waals surface area contributed by atoms with E-state index in [1.54, 1.807) is 43.3 Å². The number of carbonyl (C=O) groups is 2. The van der Waals surface area contributed by atoms with Gasteiger partial charge >= 0.3 is 5.97 Å². The van der Waals surface area contributed by atoms with Crippen LogP contribution >= 0.6 is 22.6 Å². The number of methoxy groups -OCH3 is 1. The molecule has 0 saturated heterocycles. The molecule has 0 unspecified atom stereocenters. The van der Waals surface area contributed by atoms with E-state index in [1.807, 2.05) is 6.07 Å². The fourth-order valence-electron chi connectivity index (χ4n) is 3.08. The summed E-state index contributed by atoms with van der Waals surface area (Å²) in [4.78, 5) is 25.9. The van der Waals surface area contributed by atoms with Crippen LogP contribution in [0.25, 0.3) is 0 Å². The summed E-state index contributed by atoms with van der Waals surface area (Å²) in [5.41, 5.74) is -0.0544. The van der Waals surface area contributed by atoms with Gasteiger partial charge in [-0.2, -0.15) is 0 Å². The Hall–Kier alpha value is -3.21. The third-order valence-electron chi connectivity index (χ3n) is 4.88. The number of nitrogens with one attached hydrogen (secondary N) is 1. The zero-order chi connectivity index (χ0) is 23.6. The third kappa shape index (κ3) is 4.67. The Bertz CT molecular complexity index is 1200. The first kappa shape index (κ1) is 23.5. The largest absolute Gasteiger partial charge is 0.497 e. The van der Waals surface area contributed by atoms with Crippen LogP contribution in [0.2, 0.25) is 0 Å². The average Bonchev–Trinajstić information content (AvgIpc) is 2.77. The van der Waals surface area contributed by atoms with Crippen LogP contribution in [0, 0.1) is 22.1 Å². The van der Waals surface area contributed by atoms with Crippen molar-refractivity contribution in [1.29, 1.82) is 0 Å². The summed E-state index contributed by atoms with van der Waals surface area (Å²) >= 11 is 2.12. The second-order valence-corrected chi connectivity index (χ2v) is 8.17. The Morgan fingerprint density at radius 3 is 2.25 bits per heavy atom. The lowest BCUT2D eigenvalue weighted by Crippen LogP contribution is -2.28. The maximum atomic E-state index is 15.0. The van der Waals surface area contributed by atoms with Crippen LogP contribution in [-0.4, -0.2) is 31.1 Å². The molecule has 2 N–H and O–H groups in total. The fraction of sp³-hybridized carbons (Fsp3) is 0.130. The number of rotatable bonds is 6. The predicted molar refractivity (Wildman–Crippen MR) is 126 cm³/mol. The second kappa shape index (κ2) is 9.51. The third-order valence-corrected chi connectivity index (χ3v) is 5.55. The number of carboxylic acids is 1. The highest BCUT2D eigenvalue weighted by atomic mass is 127. The number of aryl methyl sites for hydroxylation is 1. The van der Waals surface area contributed by atoms with E-state index in [4.69, 9.17) is 4.74 Å². The molecule has 0 bridgehead atoms. The molecule has 3 aromatic rings. The predicted octanol–water partition coefficient (Wildman–Crippen LogP) is 5.60. The Labute approximate surface area is 197 Å². The lowest BCUT2D eigenvalue weighted by molar-refractivity contribution is 0.0690. The standard InChI is InChI=1S/C23H19F2IN2O4/c1-12-10-13(26)4-9-18(12)27-21-17(11-16(23(30)31)19(24)20(21)25)22(29)28(2)14-5-7-15(32-3)8-6-14/h4-11,27H,1-3H3,(H,30,31). The minimum absolute atomic E-state index is 0.322. The second-order valence-electron chi connectivity index (χ2n) is 6.93. The number of anilines is 3. The fourth-order valence-corrected chi connectivity index (χ4v) is 3.73. The summed E-state index contributed by atoms with van der Waals surface area (Å²) in [6, 6.07) is 12.6. The van der Waals surface area contributed by atoms with E-state index in [0.717, 1.165) is 15.2 Å². The summed E-state index contributed by atoms with van der Waals surface area (Å²) in [6.45, 7) is 1.77. The van der Waals surface area contributed by atoms with Gasteiger partial charge in [0, 0.05) is 22.0 Å². The van der Waals surface area contributed by atoms with Gasteiger partial charge in [0.2, 0.25) is 0 Å². The lowest BCUT2D eigenvalue weighted by atomic mass is 10.0. The molecule has 0 atom stereocenters. The number of aromatic carboxylic acids is 1. The van der Waals surface area contributed by atoms with E-state index < -0.39 is 34.8 Å². The SMILES string of the molecule is COc1ccc(N(C)C(=O)c2cc(C(=O)O)c(F)c(F)c2Nc2ccc(I)cc2C)cc1. The molecule has 0 aliphatic rings. The molecule has 0 fully saturated rings. The molecule has 3 rings (SSSR count). The smallest absolute Gasteiger partial charge is 0.338 e. The van der Waals surface area contributed by atoms with E-state index in [2.05, 4.69) is 27.9 Å². The van der Waals surface area contributed by atoms with Crippen molar-refractivity contribution in [2.45, 2.75) is 6.92 Å². The van der Waals surface area contributed by atoms with Crippen molar-refractivity contribution in [3.63, 3.8) is 0 Å². The summed E-state index contributed by atoms with van der Waals surface area (Å²) in [5, 5.41) is 12.1. The van der Waals surface area contributed by atoms with Crippen molar-refractivity contribution in [2.24, 2.45) is 0 Å². The highest BCUT2D eigenvalue weighted by Crippen LogP contribution is 2.32. The molecule has 0 aliphatic carbocycles. The van der Waals surface area contributed by atoms with Crippen molar-refractivity contribution in [1.82, 2.24) is 0 Å². The maximum Gasteiger partial charge on any atom is 0.338 e. The summed E-state index contributed by atoms with van der Waals surface area (Å²) in [5.74, 6) is -4.82.